The van der Waals surface area contributed by atoms with Crippen LogP contribution in [0, 0.1) is 17.2 Å². The number of benzene rings is 1. The number of esters is 1. The monoisotopic (exact) mass is 402 g/mol. The quantitative estimate of drug-likeness (QED) is 0.667. The van der Waals surface area contributed by atoms with Gasteiger partial charge in [0.05, 0.1) is 25.3 Å². The number of nitriles is 1. The molecule has 1 aromatic rings. The molecule has 0 spiro atoms. The van der Waals surface area contributed by atoms with Gasteiger partial charge in [0.2, 0.25) is 0 Å². The van der Waals surface area contributed by atoms with Crippen molar-refractivity contribution in [3.8, 4) is 17.6 Å². The molecule has 1 atom stereocenters. The molecule has 2 rings (SSSR count). The van der Waals surface area contributed by atoms with E-state index in [4.69, 9.17) is 14.2 Å². The van der Waals surface area contributed by atoms with Gasteiger partial charge in [0, 0.05) is 0 Å². The smallest absolute Gasteiger partial charge is 0.339 e. The maximum Gasteiger partial charge on any atom is 0.339 e. The van der Waals surface area contributed by atoms with Gasteiger partial charge in [0.1, 0.15) is 5.54 Å². The van der Waals surface area contributed by atoms with E-state index in [1.807, 2.05) is 13.8 Å². The Labute approximate surface area is 172 Å². The molecule has 1 saturated carbocycles. The third-order valence-corrected chi connectivity index (χ3v) is 4.91. The van der Waals surface area contributed by atoms with Crippen molar-refractivity contribution in [2.45, 2.75) is 64.5 Å². The van der Waals surface area contributed by atoms with Crippen LogP contribution in [0.1, 0.15) is 63.2 Å². The highest BCUT2D eigenvalue weighted by Gasteiger charge is 2.35. The SMILES string of the molecule is COc1cc(C(=O)O[C@H](C)C(=O)NC2(C#N)CCCCC2)ccc1OCC(C)C. The average Bonchev–Trinajstić information content (AvgIpc) is 2.72. The number of hydrogen-bond donors (Lipinski definition) is 1. The molecule has 1 aliphatic carbocycles. The van der Waals surface area contributed by atoms with E-state index < -0.39 is 23.5 Å². The second-order valence-electron chi connectivity index (χ2n) is 7.86. The third-order valence-electron chi connectivity index (χ3n) is 4.91. The van der Waals surface area contributed by atoms with E-state index in [0.717, 1.165) is 19.3 Å². The maximum absolute atomic E-state index is 12.5. The molecule has 0 saturated heterocycles. The molecule has 29 heavy (non-hydrogen) atoms. The van der Waals surface area contributed by atoms with Crippen molar-refractivity contribution in [1.82, 2.24) is 5.32 Å². The number of nitrogens with one attached hydrogen (secondary N) is 1. The summed E-state index contributed by atoms with van der Waals surface area (Å²) in [4.78, 5) is 25.0. The van der Waals surface area contributed by atoms with Crippen molar-refractivity contribution < 1.29 is 23.8 Å². The minimum Gasteiger partial charge on any atom is -0.493 e. The van der Waals surface area contributed by atoms with Crippen LogP contribution in [0.4, 0.5) is 0 Å². The zero-order valence-corrected chi connectivity index (χ0v) is 17.6. The summed E-state index contributed by atoms with van der Waals surface area (Å²) in [6.45, 7) is 6.10. The Morgan fingerprint density at radius 3 is 2.45 bits per heavy atom. The Morgan fingerprint density at radius 1 is 1.17 bits per heavy atom. The highest BCUT2D eigenvalue weighted by molar-refractivity contribution is 5.93. The van der Waals surface area contributed by atoms with E-state index in [2.05, 4.69) is 11.4 Å². The minimum absolute atomic E-state index is 0.256. The fraction of sp³-hybridized carbons (Fsp3) is 0.591. The van der Waals surface area contributed by atoms with Crippen LogP contribution in [0.3, 0.4) is 0 Å². The molecule has 7 heteroatoms. The second kappa shape index (κ2) is 10.1. The summed E-state index contributed by atoms with van der Waals surface area (Å²) >= 11 is 0. The molecule has 0 radical (unpaired) electrons. The molecule has 7 nitrogen and oxygen atoms in total. The number of ether oxygens (including phenoxy) is 3. The van der Waals surface area contributed by atoms with Crippen LogP contribution >= 0.6 is 0 Å². The fourth-order valence-corrected chi connectivity index (χ4v) is 3.21. The van der Waals surface area contributed by atoms with Crippen LogP contribution < -0.4 is 14.8 Å². The number of methoxy groups -OCH3 is 1. The number of hydrogen-bond acceptors (Lipinski definition) is 6. The van der Waals surface area contributed by atoms with Crippen molar-refractivity contribution in [2.75, 3.05) is 13.7 Å². The Morgan fingerprint density at radius 2 is 1.86 bits per heavy atom. The lowest BCUT2D eigenvalue weighted by Gasteiger charge is -2.32. The summed E-state index contributed by atoms with van der Waals surface area (Å²) in [5.74, 6) is 0.200. The Kier molecular flexibility index (Phi) is 7.89. The third kappa shape index (κ3) is 6.11. The van der Waals surface area contributed by atoms with Gasteiger partial charge in [-0.3, -0.25) is 4.79 Å². The van der Waals surface area contributed by atoms with Crippen molar-refractivity contribution in [2.24, 2.45) is 5.92 Å². The zero-order chi connectivity index (χ0) is 21.4. The van der Waals surface area contributed by atoms with Crippen molar-refractivity contribution in [3.63, 3.8) is 0 Å². The van der Waals surface area contributed by atoms with E-state index in [9.17, 15) is 14.9 Å². The van der Waals surface area contributed by atoms with Crippen molar-refractivity contribution in [1.29, 1.82) is 5.26 Å². The summed E-state index contributed by atoms with van der Waals surface area (Å²) in [6, 6.07) is 6.98. The van der Waals surface area contributed by atoms with Crippen LogP contribution in [0.15, 0.2) is 18.2 Å². The minimum atomic E-state index is -1.02. The van der Waals surface area contributed by atoms with E-state index in [1.165, 1.54) is 20.1 Å². The molecule has 1 N–H and O–H groups in total. The van der Waals surface area contributed by atoms with Crippen LogP contribution in [-0.2, 0) is 9.53 Å². The second-order valence-corrected chi connectivity index (χ2v) is 7.86. The first-order chi connectivity index (χ1) is 13.8. The number of carbonyl (C=O) groups is 2. The summed E-state index contributed by atoms with van der Waals surface area (Å²) in [5.41, 5.74) is -0.611. The highest BCUT2D eigenvalue weighted by Crippen LogP contribution is 2.29. The largest absolute Gasteiger partial charge is 0.493 e. The molecule has 1 aliphatic rings. The lowest BCUT2D eigenvalue weighted by Crippen LogP contribution is -2.52. The first kappa shape index (κ1) is 22.5. The fourth-order valence-electron chi connectivity index (χ4n) is 3.21. The summed E-state index contributed by atoms with van der Waals surface area (Å²) in [7, 11) is 1.49. The molecule has 0 bridgehead atoms. The van der Waals surface area contributed by atoms with Crippen LogP contribution in [0.25, 0.3) is 0 Å². The molecule has 0 aromatic heterocycles. The zero-order valence-electron chi connectivity index (χ0n) is 17.6. The Balaban J connectivity index is 2.01. The molecular weight excluding hydrogens is 372 g/mol. The molecule has 0 aliphatic heterocycles. The molecule has 1 aromatic carbocycles. The summed E-state index contributed by atoms with van der Waals surface area (Å²) in [6.07, 6.45) is 3.07. The van der Waals surface area contributed by atoms with E-state index in [-0.39, 0.29) is 5.56 Å². The van der Waals surface area contributed by atoms with E-state index >= 15 is 0 Å². The van der Waals surface area contributed by atoms with Gasteiger partial charge in [-0.25, -0.2) is 4.79 Å². The lowest BCUT2D eigenvalue weighted by atomic mass is 9.83. The topological polar surface area (TPSA) is 97.6 Å². The first-order valence-corrected chi connectivity index (χ1v) is 10.1. The Bertz CT molecular complexity index is 763. The van der Waals surface area contributed by atoms with E-state index in [1.54, 1.807) is 12.1 Å². The molecule has 0 heterocycles. The molecule has 1 fully saturated rings. The van der Waals surface area contributed by atoms with Gasteiger partial charge < -0.3 is 19.5 Å². The molecule has 1 amide bonds. The molecular formula is C22H30N2O5. The predicted molar refractivity (Wildman–Crippen MR) is 108 cm³/mol. The standard InChI is InChI=1S/C22H30N2O5/c1-15(2)13-28-18-9-8-17(12-19(18)27-4)21(26)29-16(3)20(25)24-22(14-23)10-6-5-7-11-22/h8-9,12,15-16H,5-7,10-11,13H2,1-4H3,(H,24,25)/t16-/m1/s1. The average molecular weight is 402 g/mol. The maximum atomic E-state index is 12.5. The summed E-state index contributed by atoms with van der Waals surface area (Å²) in [5, 5.41) is 12.3. The highest BCUT2D eigenvalue weighted by atomic mass is 16.5. The van der Waals surface area contributed by atoms with Gasteiger partial charge in [-0.05, 0) is 43.9 Å². The van der Waals surface area contributed by atoms with Crippen molar-refractivity contribution >= 4 is 11.9 Å². The van der Waals surface area contributed by atoms with Gasteiger partial charge in [-0.2, -0.15) is 5.26 Å². The van der Waals surface area contributed by atoms with Gasteiger partial charge in [-0.15, -0.1) is 0 Å². The van der Waals surface area contributed by atoms with Gasteiger partial charge in [0.25, 0.3) is 5.91 Å². The number of nitrogens with zero attached hydrogens (tertiary/aromatic N) is 1. The van der Waals surface area contributed by atoms with Gasteiger partial charge >= 0.3 is 5.97 Å². The van der Waals surface area contributed by atoms with Gasteiger partial charge in [-0.1, -0.05) is 33.1 Å². The van der Waals surface area contributed by atoms with Crippen LogP contribution in [-0.4, -0.2) is 37.2 Å². The normalized spacial score (nSPS) is 16.4. The Hall–Kier alpha value is -2.75. The van der Waals surface area contributed by atoms with Crippen LogP contribution in [0.5, 0.6) is 11.5 Å². The number of rotatable bonds is 8. The molecule has 0 unspecified atom stereocenters. The number of amides is 1. The van der Waals surface area contributed by atoms with Crippen molar-refractivity contribution in [3.05, 3.63) is 23.8 Å². The van der Waals surface area contributed by atoms with Gasteiger partial charge in [0.15, 0.2) is 17.6 Å². The lowest BCUT2D eigenvalue weighted by molar-refractivity contribution is -0.130. The van der Waals surface area contributed by atoms with E-state index in [0.29, 0.717) is 36.9 Å². The molecule has 158 valence electrons. The first-order valence-electron chi connectivity index (χ1n) is 10.1. The number of carbonyl (C=O) groups excluding carboxylic acids is 2. The van der Waals surface area contributed by atoms with Crippen LogP contribution in [0.2, 0.25) is 0 Å². The predicted octanol–water partition coefficient (Wildman–Crippen LogP) is 3.62. The summed E-state index contributed by atoms with van der Waals surface area (Å²) < 4.78 is 16.3.